The summed E-state index contributed by atoms with van der Waals surface area (Å²) in [7, 11) is 1.58. The molecule has 0 aromatic carbocycles. The van der Waals surface area contributed by atoms with E-state index in [2.05, 4.69) is 25.8 Å². The molecule has 1 aliphatic rings. The monoisotopic (exact) mass is 346 g/mol. The SMILES string of the molecule is CNC(=O)c1ccn([C@@H]2CCCN(CC(=O)Nc3cc(C)no3)C2)n1. The third-order valence-corrected chi connectivity index (χ3v) is 4.18. The number of carbonyl (C=O) groups is 2. The Balaban J connectivity index is 1.56. The average Bonchev–Trinajstić information content (AvgIpc) is 3.23. The Labute approximate surface area is 145 Å². The average molecular weight is 346 g/mol. The number of nitrogens with one attached hydrogen (secondary N) is 2. The molecule has 0 spiro atoms. The van der Waals surface area contributed by atoms with Crippen molar-refractivity contribution in [2.24, 2.45) is 0 Å². The molecule has 9 nitrogen and oxygen atoms in total. The molecule has 1 fully saturated rings. The van der Waals surface area contributed by atoms with Crippen molar-refractivity contribution in [3.8, 4) is 0 Å². The summed E-state index contributed by atoms with van der Waals surface area (Å²) < 4.78 is 6.81. The zero-order chi connectivity index (χ0) is 17.8. The van der Waals surface area contributed by atoms with Gasteiger partial charge >= 0.3 is 0 Å². The molecule has 1 aliphatic heterocycles. The maximum Gasteiger partial charge on any atom is 0.271 e. The zero-order valence-electron chi connectivity index (χ0n) is 14.4. The molecule has 3 heterocycles. The van der Waals surface area contributed by atoms with Crippen LogP contribution in [0.1, 0.15) is 35.1 Å². The maximum atomic E-state index is 12.1. The number of carbonyl (C=O) groups excluding carboxylic acids is 2. The topological polar surface area (TPSA) is 105 Å². The Morgan fingerprint density at radius 2 is 2.28 bits per heavy atom. The lowest BCUT2D eigenvalue weighted by Gasteiger charge is -2.32. The van der Waals surface area contributed by atoms with E-state index in [1.807, 2.05) is 10.9 Å². The molecule has 134 valence electrons. The summed E-state index contributed by atoms with van der Waals surface area (Å²) in [5, 5.41) is 13.4. The van der Waals surface area contributed by atoms with Crippen LogP contribution in [0.5, 0.6) is 0 Å². The van der Waals surface area contributed by atoms with Gasteiger partial charge in [0.05, 0.1) is 18.3 Å². The molecule has 2 N–H and O–H groups in total. The molecular weight excluding hydrogens is 324 g/mol. The maximum absolute atomic E-state index is 12.1. The summed E-state index contributed by atoms with van der Waals surface area (Å²) in [6.07, 6.45) is 3.75. The normalized spacial score (nSPS) is 18.1. The number of rotatable bonds is 5. The van der Waals surface area contributed by atoms with Crippen molar-refractivity contribution < 1.29 is 14.1 Å². The standard InChI is InChI=1S/C16H22N6O3/c1-11-8-15(25-20-11)18-14(23)10-21-6-3-4-12(9-21)22-7-5-13(19-22)16(24)17-2/h5,7-8,12H,3-4,6,9-10H2,1-2H3,(H,17,24)(H,18,23)/t12-/m1/s1. The molecule has 2 amide bonds. The van der Waals surface area contributed by atoms with E-state index in [4.69, 9.17) is 4.52 Å². The summed E-state index contributed by atoms with van der Waals surface area (Å²) in [5.41, 5.74) is 1.12. The molecule has 1 atom stereocenters. The van der Waals surface area contributed by atoms with Crippen LogP contribution in [0.3, 0.4) is 0 Å². The number of aromatic nitrogens is 3. The molecule has 1 saturated heterocycles. The van der Waals surface area contributed by atoms with Gasteiger partial charge in [0.1, 0.15) is 5.69 Å². The molecule has 0 bridgehead atoms. The van der Waals surface area contributed by atoms with Crippen LogP contribution in [0.4, 0.5) is 5.88 Å². The van der Waals surface area contributed by atoms with Gasteiger partial charge in [0, 0.05) is 25.9 Å². The summed E-state index contributed by atoms with van der Waals surface area (Å²) in [6, 6.07) is 3.53. The Morgan fingerprint density at radius 3 is 3.00 bits per heavy atom. The van der Waals surface area contributed by atoms with Gasteiger partial charge in [0.2, 0.25) is 11.8 Å². The third-order valence-electron chi connectivity index (χ3n) is 4.18. The first-order valence-electron chi connectivity index (χ1n) is 8.28. The van der Waals surface area contributed by atoms with Crippen molar-refractivity contribution in [3.63, 3.8) is 0 Å². The number of aryl methyl sites for hydroxylation is 1. The second-order valence-electron chi connectivity index (χ2n) is 6.17. The highest BCUT2D eigenvalue weighted by molar-refractivity contribution is 5.92. The van der Waals surface area contributed by atoms with Crippen molar-refractivity contribution in [1.29, 1.82) is 0 Å². The second kappa shape index (κ2) is 7.47. The van der Waals surface area contributed by atoms with Crippen LogP contribution < -0.4 is 10.6 Å². The lowest BCUT2D eigenvalue weighted by atomic mass is 10.1. The van der Waals surface area contributed by atoms with Crippen molar-refractivity contribution in [2.45, 2.75) is 25.8 Å². The zero-order valence-corrected chi connectivity index (χ0v) is 14.4. The Hall–Kier alpha value is -2.68. The largest absolute Gasteiger partial charge is 0.354 e. The fourth-order valence-corrected chi connectivity index (χ4v) is 2.98. The highest BCUT2D eigenvalue weighted by Crippen LogP contribution is 2.21. The number of hydrogen-bond acceptors (Lipinski definition) is 6. The molecule has 2 aromatic rings. The molecule has 25 heavy (non-hydrogen) atoms. The fourth-order valence-electron chi connectivity index (χ4n) is 2.98. The van der Waals surface area contributed by atoms with E-state index in [9.17, 15) is 9.59 Å². The smallest absolute Gasteiger partial charge is 0.271 e. The molecule has 0 aliphatic carbocycles. The molecule has 2 aromatic heterocycles. The van der Waals surface area contributed by atoms with Crippen molar-refractivity contribution in [2.75, 3.05) is 32.0 Å². The van der Waals surface area contributed by atoms with Crippen molar-refractivity contribution >= 4 is 17.7 Å². The number of nitrogens with zero attached hydrogens (tertiary/aromatic N) is 4. The van der Waals surface area contributed by atoms with Gasteiger partial charge in [-0.25, -0.2) is 0 Å². The summed E-state index contributed by atoms with van der Waals surface area (Å²) >= 11 is 0. The number of likely N-dealkylation sites (tertiary alicyclic amines) is 1. The van der Waals surface area contributed by atoms with E-state index in [-0.39, 0.29) is 24.4 Å². The fraction of sp³-hybridized carbons (Fsp3) is 0.500. The van der Waals surface area contributed by atoms with Crippen LogP contribution in [0.2, 0.25) is 0 Å². The van der Waals surface area contributed by atoms with Crippen LogP contribution in [0, 0.1) is 6.92 Å². The predicted octanol–water partition coefficient (Wildman–Crippen LogP) is 0.815. The number of piperidine rings is 1. The minimum absolute atomic E-state index is 0.136. The summed E-state index contributed by atoms with van der Waals surface area (Å²) in [4.78, 5) is 25.9. The van der Waals surface area contributed by atoms with Crippen molar-refractivity contribution in [3.05, 3.63) is 29.7 Å². The van der Waals surface area contributed by atoms with Gasteiger partial charge in [-0.05, 0) is 32.4 Å². The molecule has 3 rings (SSSR count). The minimum atomic E-state index is -0.201. The molecule has 9 heteroatoms. The van der Waals surface area contributed by atoms with Crippen LogP contribution in [0.25, 0.3) is 0 Å². The molecule has 0 saturated carbocycles. The van der Waals surface area contributed by atoms with Crippen molar-refractivity contribution in [1.82, 2.24) is 25.2 Å². The van der Waals surface area contributed by atoms with E-state index in [1.54, 1.807) is 26.1 Å². The van der Waals surface area contributed by atoms with Crippen LogP contribution in [-0.4, -0.2) is 58.3 Å². The minimum Gasteiger partial charge on any atom is -0.354 e. The first-order valence-corrected chi connectivity index (χ1v) is 8.28. The number of hydrogen-bond donors (Lipinski definition) is 2. The van der Waals surface area contributed by atoms with E-state index < -0.39 is 0 Å². The lowest BCUT2D eigenvalue weighted by molar-refractivity contribution is -0.117. The van der Waals surface area contributed by atoms with Crippen LogP contribution in [-0.2, 0) is 4.79 Å². The summed E-state index contributed by atoms with van der Waals surface area (Å²) in [5.74, 6) is 0.0230. The number of anilines is 1. The Morgan fingerprint density at radius 1 is 1.44 bits per heavy atom. The van der Waals surface area contributed by atoms with Gasteiger partial charge in [0.15, 0.2) is 0 Å². The van der Waals surface area contributed by atoms with Gasteiger partial charge in [-0.2, -0.15) is 5.10 Å². The van der Waals surface area contributed by atoms with Gasteiger partial charge < -0.3 is 9.84 Å². The third kappa shape index (κ3) is 4.24. The van der Waals surface area contributed by atoms with Crippen LogP contribution >= 0.6 is 0 Å². The summed E-state index contributed by atoms with van der Waals surface area (Å²) in [6.45, 7) is 3.63. The highest BCUT2D eigenvalue weighted by atomic mass is 16.5. The van der Waals surface area contributed by atoms with Crippen LogP contribution in [0.15, 0.2) is 22.9 Å². The van der Waals surface area contributed by atoms with E-state index >= 15 is 0 Å². The van der Waals surface area contributed by atoms with E-state index in [1.165, 1.54) is 0 Å². The predicted molar refractivity (Wildman–Crippen MR) is 90.2 cm³/mol. The van der Waals surface area contributed by atoms with E-state index in [0.717, 1.165) is 25.1 Å². The Bertz CT molecular complexity index is 753. The second-order valence-corrected chi connectivity index (χ2v) is 6.17. The van der Waals surface area contributed by atoms with Gasteiger partial charge in [-0.15, -0.1) is 0 Å². The van der Waals surface area contributed by atoms with E-state index in [0.29, 0.717) is 18.1 Å². The van der Waals surface area contributed by atoms with Gasteiger partial charge in [-0.3, -0.25) is 24.5 Å². The molecular formula is C16H22N6O3. The quantitative estimate of drug-likeness (QED) is 0.830. The lowest BCUT2D eigenvalue weighted by Crippen LogP contribution is -2.41. The van der Waals surface area contributed by atoms with Gasteiger partial charge in [0.25, 0.3) is 5.91 Å². The number of amides is 2. The van der Waals surface area contributed by atoms with Gasteiger partial charge in [-0.1, -0.05) is 5.16 Å². The molecule has 0 radical (unpaired) electrons. The Kier molecular flexibility index (Phi) is 5.13. The highest BCUT2D eigenvalue weighted by Gasteiger charge is 2.24. The first-order chi connectivity index (χ1) is 12.0. The first kappa shape index (κ1) is 17.2. The molecule has 0 unspecified atom stereocenters.